The van der Waals surface area contributed by atoms with Gasteiger partial charge in [-0.3, -0.25) is 24.6 Å². The number of carbonyl (C=O) groups excluding carboxylic acids is 2. The van der Waals surface area contributed by atoms with Gasteiger partial charge in [0.15, 0.2) is 5.78 Å². The van der Waals surface area contributed by atoms with Crippen LogP contribution in [0.5, 0.6) is 11.5 Å². The molecule has 10 heteroatoms. The van der Waals surface area contributed by atoms with E-state index >= 15 is 0 Å². The fourth-order valence-electron chi connectivity index (χ4n) is 2.61. The predicted octanol–water partition coefficient (Wildman–Crippen LogP) is 4.07. The zero-order valence-electron chi connectivity index (χ0n) is 15.7. The molecule has 0 fully saturated rings. The molecule has 0 saturated carbocycles. The van der Waals surface area contributed by atoms with E-state index in [-0.39, 0.29) is 28.0 Å². The summed E-state index contributed by atoms with van der Waals surface area (Å²) in [6, 6.07) is 6.62. The van der Waals surface area contributed by atoms with Crippen LogP contribution in [0.15, 0.2) is 36.4 Å². The van der Waals surface area contributed by atoms with Crippen molar-refractivity contribution in [1.29, 1.82) is 0 Å². The number of hydrogen-bond donors (Lipinski definition) is 1. The molecule has 2 rings (SSSR count). The molecular formula is C19H17ClN2O7. The fourth-order valence-corrected chi connectivity index (χ4v) is 2.82. The first-order valence-electron chi connectivity index (χ1n) is 8.32. The van der Waals surface area contributed by atoms with Crippen molar-refractivity contribution >= 4 is 40.6 Å². The first kappa shape index (κ1) is 21.8. The number of ether oxygens (including phenoxy) is 1. The molecule has 0 aliphatic heterocycles. The highest BCUT2D eigenvalue weighted by molar-refractivity contribution is 6.32. The summed E-state index contributed by atoms with van der Waals surface area (Å²) in [4.78, 5) is 46.3. The van der Waals surface area contributed by atoms with Gasteiger partial charge < -0.3 is 9.84 Å². The van der Waals surface area contributed by atoms with Gasteiger partial charge >= 0.3 is 5.97 Å². The number of rotatable bonds is 7. The van der Waals surface area contributed by atoms with Gasteiger partial charge in [0.1, 0.15) is 23.2 Å². The van der Waals surface area contributed by atoms with Gasteiger partial charge in [-0.05, 0) is 38.1 Å². The number of carbonyl (C=O) groups is 3. The highest BCUT2D eigenvalue weighted by Gasteiger charge is 2.31. The SMILES string of the molecule is CC(=O)c1ccc(Oc2ccc([N+](=O)[O-])c(N(C(C)=O)C(C)C(=O)O)c2)c(Cl)c1. The van der Waals surface area contributed by atoms with E-state index in [1.807, 2.05) is 0 Å². The molecule has 0 heterocycles. The third kappa shape index (κ3) is 4.88. The van der Waals surface area contributed by atoms with Crippen molar-refractivity contribution in [1.82, 2.24) is 0 Å². The van der Waals surface area contributed by atoms with Crippen LogP contribution in [-0.4, -0.2) is 33.7 Å². The summed E-state index contributed by atoms with van der Waals surface area (Å²) in [7, 11) is 0. The molecule has 9 nitrogen and oxygen atoms in total. The van der Waals surface area contributed by atoms with Crippen LogP contribution < -0.4 is 9.64 Å². The number of nitro groups is 1. The number of hydrogen-bond acceptors (Lipinski definition) is 6. The molecule has 2 aromatic carbocycles. The highest BCUT2D eigenvalue weighted by Crippen LogP contribution is 2.37. The van der Waals surface area contributed by atoms with Crippen LogP contribution in [0.4, 0.5) is 11.4 Å². The second-order valence-electron chi connectivity index (χ2n) is 6.11. The van der Waals surface area contributed by atoms with Crippen LogP contribution >= 0.6 is 11.6 Å². The Hall–Kier alpha value is -3.46. The van der Waals surface area contributed by atoms with Crippen molar-refractivity contribution in [3.8, 4) is 11.5 Å². The van der Waals surface area contributed by atoms with Gasteiger partial charge in [0.05, 0.1) is 9.95 Å². The van der Waals surface area contributed by atoms with Crippen LogP contribution in [0.2, 0.25) is 5.02 Å². The Morgan fingerprint density at radius 1 is 1.17 bits per heavy atom. The fraction of sp³-hybridized carbons (Fsp3) is 0.211. The van der Waals surface area contributed by atoms with E-state index in [0.29, 0.717) is 5.56 Å². The number of halogens is 1. The summed E-state index contributed by atoms with van der Waals surface area (Å²) in [6.07, 6.45) is 0. The van der Waals surface area contributed by atoms with Crippen LogP contribution in [0.3, 0.4) is 0 Å². The zero-order valence-corrected chi connectivity index (χ0v) is 16.5. The lowest BCUT2D eigenvalue weighted by atomic mass is 10.1. The smallest absolute Gasteiger partial charge is 0.326 e. The summed E-state index contributed by atoms with van der Waals surface area (Å²) in [5.41, 5.74) is -0.310. The lowest BCUT2D eigenvalue weighted by molar-refractivity contribution is -0.384. The maximum atomic E-state index is 12.0. The molecule has 1 atom stereocenters. The molecule has 0 aliphatic carbocycles. The van der Waals surface area contributed by atoms with E-state index in [0.717, 1.165) is 17.9 Å². The Morgan fingerprint density at radius 3 is 2.31 bits per heavy atom. The Morgan fingerprint density at radius 2 is 1.83 bits per heavy atom. The van der Waals surface area contributed by atoms with Crippen molar-refractivity contribution in [3.63, 3.8) is 0 Å². The molecule has 0 bridgehead atoms. The van der Waals surface area contributed by atoms with E-state index in [1.165, 1.54) is 44.2 Å². The topological polar surface area (TPSA) is 127 Å². The third-order valence-electron chi connectivity index (χ3n) is 4.05. The number of Topliss-reactive ketones (excluding diaryl/α,β-unsaturated/α-hetero) is 1. The van der Waals surface area contributed by atoms with Gasteiger partial charge in [-0.25, -0.2) is 4.79 Å². The molecular weight excluding hydrogens is 404 g/mol. The second kappa shape index (κ2) is 8.70. The lowest BCUT2D eigenvalue weighted by Crippen LogP contribution is -2.42. The quantitative estimate of drug-likeness (QED) is 0.406. The van der Waals surface area contributed by atoms with Gasteiger partial charge in [0.2, 0.25) is 5.91 Å². The monoisotopic (exact) mass is 420 g/mol. The minimum atomic E-state index is -1.35. The maximum absolute atomic E-state index is 12.0. The molecule has 1 unspecified atom stereocenters. The third-order valence-corrected chi connectivity index (χ3v) is 4.35. The van der Waals surface area contributed by atoms with Crippen molar-refractivity contribution < 1.29 is 29.2 Å². The van der Waals surface area contributed by atoms with Crippen molar-refractivity contribution in [3.05, 3.63) is 57.1 Å². The molecule has 0 saturated heterocycles. The van der Waals surface area contributed by atoms with Crippen LogP contribution in [0, 0.1) is 10.1 Å². The number of nitro benzene ring substituents is 1. The summed E-state index contributed by atoms with van der Waals surface area (Å²) >= 11 is 6.12. The standard InChI is InChI=1S/C19H17ClN2O7/c1-10(19(25)26)21(12(3)24)17-9-14(5-6-16(17)22(27)28)29-18-7-4-13(11(2)23)8-15(18)20/h4-10H,1-3H3,(H,25,26). The largest absolute Gasteiger partial charge is 0.480 e. The van der Waals surface area contributed by atoms with Gasteiger partial charge in [-0.1, -0.05) is 11.6 Å². The molecule has 0 aliphatic rings. The van der Waals surface area contributed by atoms with Gasteiger partial charge in [0, 0.05) is 24.6 Å². The normalized spacial score (nSPS) is 11.4. The van der Waals surface area contributed by atoms with Crippen molar-refractivity contribution in [2.45, 2.75) is 26.8 Å². The van der Waals surface area contributed by atoms with E-state index < -0.39 is 28.5 Å². The molecule has 0 spiro atoms. The summed E-state index contributed by atoms with van der Waals surface area (Å²) in [5.74, 6) is -1.94. The predicted molar refractivity (Wildman–Crippen MR) is 105 cm³/mol. The zero-order chi connectivity index (χ0) is 21.9. The number of anilines is 1. The summed E-state index contributed by atoms with van der Waals surface area (Å²) in [6.45, 7) is 3.72. The van der Waals surface area contributed by atoms with Crippen molar-refractivity contribution in [2.75, 3.05) is 4.90 Å². The summed E-state index contributed by atoms with van der Waals surface area (Å²) in [5, 5.41) is 20.8. The number of ketones is 1. The number of aliphatic carboxylic acids is 1. The highest BCUT2D eigenvalue weighted by atomic mass is 35.5. The Bertz CT molecular complexity index is 1010. The minimum Gasteiger partial charge on any atom is -0.480 e. The Balaban J connectivity index is 2.52. The Kier molecular flexibility index (Phi) is 6.55. The average molecular weight is 421 g/mol. The average Bonchev–Trinajstić information content (AvgIpc) is 2.62. The lowest BCUT2D eigenvalue weighted by Gasteiger charge is -2.25. The first-order chi connectivity index (χ1) is 13.5. The van der Waals surface area contributed by atoms with E-state index in [9.17, 15) is 29.6 Å². The Labute approximate surface area is 170 Å². The van der Waals surface area contributed by atoms with Crippen LogP contribution in [0.25, 0.3) is 0 Å². The second-order valence-corrected chi connectivity index (χ2v) is 6.52. The molecule has 0 radical (unpaired) electrons. The van der Waals surface area contributed by atoms with Gasteiger partial charge in [-0.15, -0.1) is 0 Å². The molecule has 152 valence electrons. The van der Waals surface area contributed by atoms with E-state index in [2.05, 4.69) is 0 Å². The number of amides is 1. The summed E-state index contributed by atoms with van der Waals surface area (Å²) < 4.78 is 5.64. The van der Waals surface area contributed by atoms with Crippen molar-refractivity contribution in [2.24, 2.45) is 0 Å². The number of benzene rings is 2. The molecule has 0 aromatic heterocycles. The van der Waals surface area contributed by atoms with Crippen LogP contribution in [0.1, 0.15) is 31.1 Å². The van der Waals surface area contributed by atoms with E-state index in [4.69, 9.17) is 16.3 Å². The molecule has 29 heavy (non-hydrogen) atoms. The van der Waals surface area contributed by atoms with E-state index in [1.54, 1.807) is 0 Å². The molecule has 1 N–H and O–H groups in total. The number of carboxylic acids is 1. The van der Waals surface area contributed by atoms with Crippen LogP contribution in [-0.2, 0) is 9.59 Å². The molecule has 1 amide bonds. The maximum Gasteiger partial charge on any atom is 0.326 e. The van der Waals surface area contributed by atoms with Gasteiger partial charge in [0.25, 0.3) is 5.69 Å². The first-order valence-corrected chi connectivity index (χ1v) is 8.70. The molecule has 2 aromatic rings. The minimum absolute atomic E-state index is 0.0897. The number of nitrogens with zero attached hydrogens (tertiary/aromatic N) is 2. The van der Waals surface area contributed by atoms with Gasteiger partial charge in [-0.2, -0.15) is 0 Å². The number of carboxylic acid groups (broad SMARTS) is 1.